The SMILES string of the molecule is COCCN(CCNC(C)C(C)C)CC(C)C. The Hall–Kier alpha value is -0.120. The van der Waals surface area contributed by atoms with Gasteiger partial charge in [-0.3, -0.25) is 4.90 Å². The van der Waals surface area contributed by atoms with E-state index in [0.717, 1.165) is 38.7 Å². The quantitative estimate of drug-likeness (QED) is 0.638. The van der Waals surface area contributed by atoms with Crippen LogP contribution in [0.5, 0.6) is 0 Å². The molecule has 0 rings (SSSR count). The normalized spacial score (nSPS) is 13.9. The van der Waals surface area contributed by atoms with Crippen LogP contribution in [0.2, 0.25) is 0 Å². The van der Waals surface area contributed by atoms with Crippen LogP contribution in [0.25, 0.3) is 0 Å². The van der Waals surface area contributed by atoms with Crippen LogP contribution in [-0.4, -0.2) is 50.8 Å². The summed E-state index contributed by atoms with van der Waals surface area (Å²) < 4.78 is 5.16. The third kappa shape index (κ3) is 9.57. The smallest absolute Gasteiger partial charge is 0.0589 e. The molecular weight excluding hydrogens is 212 g/mol. The Bertz CT molecular complexity index is 172. The van der Waals surface area contributed by atoms with Gasteiger partial charge in [-0.05, 0) is 18.8 Å². The highest BCUT2D eigenvalue weighted by molar-refractivity contribution is 4.67. The lowest BCUT2D eigenvalue weighted by molar-refractivity contribution is 0.139. The maximum atomic E-state index is 5.16. The standard InChI is InChI=1S/C14H32N2O/c1-12(2)11-16(9-10-17-6)8-7-15-14(5)13(3)4/h12-15H,7-11H2,1-6H3. The van der Waals surface area contributed by atoms with Crippen LogP contribution in [-0.2, 0) is 4.74 Å². The molecule has 1 N–H and O–H groups in total. The lowest BCUT2D eigenvalue weighted by Crippen LogP contribution is -2.40. The molecule has 0 aromatic carbocycles. The van der Waals surface area contributed by atoms with E-state index < -0.39 is 0 Å². The van der Waals surface area contributed by atoms with Crippen molar-refractivity contribution in [2.75, 3.05) is 39.9 Å². The highest BCUT2D eigenvalue weighted by atomic mass is 16.5. The summed E-state index contributed by atoms with van der Waals surface area (Å²) >= 11 is 0. The highest BCUT2D eigenvalue weighted by Crippen LogP contribution is 2.01. The van der Waals surface area contributed by atoms with Crippen LogP contribution in [0.4, 0.5) is 0 Å². The van der Waals surface area contributed by atoms with Gasteiger partial charge in [-0.2, -0.15) is 0 Å². The zero-order chi connectivity index (χ0) is 13.3. The maximum absolute atomic E-state index is 5.16. The molecule has 0 saturated carbocycles. The minimum Gasteiger partial charge on any atom is -0.383 e. The molecule has 0 aliphatic carbocycles. The Morgan fingerprint density at radius 1 is 1.06 bits per heavy atom. The first-order valence-electron chi connectivity index (χ1n) is 6.92. The summed E-state index contributed by atoms with van der Waals surface area (Å²) in [4.78, 5) is 2.48. The fraction of sp³-hybridized carbons (Fsp3) is 1.00. The van der Waals surface area contributed by atoms with E-state index in [1.165, 1.54) is 0 Å². The van der Waals surface area contributed by atoms with Crippen LogP contribution < -0.4 is 5.32 Å². The van der Waals surface area contributed by atoms with Crippen molar-refractivity contribution >= 4 is 0 Å². The minimum atomic E-state index is 0.596. The number of methoxy groups -OCH3 is 1. The average molecular weight is 244 g/mol. The molecule has 3 heteroatoms. The monoisotopic (exact) mass is 244 g/mol. The van der Waals surface area contributed by atoms with Crippen LogP contribution in [0.1, 0.15) is 34.6 Å². The fourth-order valence-electron chi connectivity index (χ4n) is 1.72. The minimum absolute atomic E-state index is 0.596. The highest BCUT2D eigenvalue weighted by Gasteiger charge is 2.09. The second-order valence-electron chi connectivity index (χ2n) is 5.67. The number of hydrogen-bond acceptors (Lipinski definition) is 3. The van der Waals surface area contributed by atoms with Crippen LogP contribution >= 0.6 is 0 Å². The summed E-state index contributed by atoms with van der Waals surface area (Å²) in [5, 5.41) is 3.58. The summed E-state index contributed by atoms with van der Waals surface area (Å²) in [5.41, 5.74) is 0. The Labute approximate surface area is 108 Å². The van der Waals surface area contributed by atoms with Gasteiger partial charge in [-0.25, -0.2) is 0 Å². The van der Waals surface area contributed by atoms with Crippen molar-refractivity contribution in [3.8, 4) is 0 Å². The molecule has 104 valence electrons. The van der Waals surface area contributed by atoms with E-state index in [4.69, 9.17) is 4.74 Å². The van der Waals surface area contributed by atoms with E-state index in [9.17, 15) is 0 Å². The lowest BCUT2D eigenvalue weighted by Gasteiger charge is -2.25. The van der Waals surface area contributed by atoms with Gasteiger partial charge in [0.05, 0.1) is 6.61 Å². The van der Waals surface area contributed by atoms with Crippen molar-refractivity contribution in [2.45, 2.75) is 40.7 Å². The molecule has 0 fully saturated rings. The summed E-state index contributed by atoms with van der Waals surface area (Å²) in [5.74, 6) is 1.42. The predicted molar refractivity (Wildman–Crippen MR) is 75.5 cm³/mol. The van der Waals surface area contributed by atoms with Gasteiger partial charge in [0.15, 0.2) is 0 Å². The number of ether oxygens (including phenoxy) is 1. The molecule has 1 atom stereocenters. The molecule has 0 amide bonds. The van der Waals surface area contributed by atoms with E-state index in [2.05, 4.69) is 44.8 Å². The first-order valence-corrected chi connectivity index (χ1v) is 6.92. The van der Waals surface area contributed by atoms with Crippen molar-refractivity contribution in [1.29, 1.82) is 0 Å². The Morgan fingerprint density at radius 3 is 2.18 bits per heavy atom. The van der Waals surface area contributed by atoms with Gasteiger partial charge < -0.3 is 10.1 Å². The van der Waals surface area contributed by atoms with Gasteiger partial charge in [0.2, 0.25) is 0 Å². The van der Waals surface area contributed by atoms with Gasteiger partial charge in [0, 0.05) is 39.3 Å². The Balaban J connectivity index is 3.81. The van der Waals surface area contributed by atoms with Crippen LogP contribution in [0.15, 0.2) is 0 Å². The molecule has 0 radical (unpaired) electrons. The zero-order valence-corrected chi connectivity index (χ0v) is 12.6. The van der Waals surface area contributed by atoms with Gasteiger partial charge in [0.25, 0.3) is 0 Å². The zero-order valence-electron chi connectivity index (χ0n) is 12.6. The van der Waals surface area contributed by atoms with Gasteiger partial charge in [-0.1, -0.05) is 27.7 Å². The molecule has 1 unspecified atom stereocenters. The molecule has 17 heavy (non-hydrogen) atoms. The van der Waals surface area contributed by atoms with E-state index >= 15 is 0 Å². The summed E-state index contributed by atoms with van der Waals surface area (Å²) in [6, 6.07) is 0.596. The van der Waals surface area contributed by atoms with Crippen molar-refractivity contribution in [2.24, 2.45) is 11.8 Å². The van der Waals surface area contributed by atoms with E-state index in [-0.39, 0.29) is 0 Å². The van der Waals surface area contributed by atoms with E-state index in [0.29, 0.717) is 12.0 Å². The van der Waals surface area contributed by atoms with Crippen molar-refractivity contribution in [1.82, 2.24) is 10.2 Å². The summed E-state index contributed by atoms with van der Waals surface area (Å²) in [6.45, 7) is 16.5. The molecule has 0 bridgehead atoms. The molecule has 0 aromatic rings. The van der Waals surface area contributed by atoms with E-state index in [1.807, 2.05) is 0 Å². The summed E-state index contributed by atoms with van der Waals surface area (Å²) in [7, 11) is 1.77. The Morgan fingerprint density at radius 2 is 1.71 bits per heavy atom. The van der Waals surface area contributed by atoms with Gasteiger partial charge >= 0.3 is 0 Å². The second kappa shape index (κ2) is 9.86. The first-order chi connectivity index (χ1) is 7.97. The molecule has 3 nitrogen and oxygen atoms in total. The molecule has 0 aliphatic heterocycles. The van der Waals surface area contributed by atoms with Gasteiger partial charge in [-0.15, -0.1) is 0 Å². The molecule has 0 saturated heterocycles. The van der Waals surface area contributed by atoms with Crippen LogP contribution in [0, 0.1) is 11.8 Å². The largest absolute Gasteiger partial charge is 0.383 e. The van der Waals surface area contributed by atoms with Crippen molar-refractivity contribution < 1.29 is 4.74 Å². The third-order valence-corrected chi connectivity index (χ3v) is 3.13. The third-order valence-electron chi connectivity index (χ3n) is 3.13. The molecule has 0 spiro atoms. The number of hydrogen-bond donors (Lipinski definition) is 1. The number of nitrogens with one attached hydrogen (secondary N) is 1. The molecule has 0 aliphatic rings. The van der Waals surface area contributed by atoms with Crippen molar-refractivity contribution in [3.63, 3.8) is 0 Å². The maximum Gasteiger partial charge on any atom is 0.0589 e. The number of rotatable bonds is 10. The molecular formula is C14H32N2O. The van der Waals surface area contributed by atoms with Crippen molar-refractivity contribution in [3.05, 3.63) is 0 Å². The van der Waals surface area contributed by atoms with E-state index in [1.54, 1.807) is 7.11 Å². The lowest BCUT2D eigenvalue weighted by atomic mass is 10.1. The molecule has 0 heterocycles. The topological polar surface area (TPSA) is 24.5 Å². The van der Waals surface area contributed by atoms with Crippen LogP contribution in [0.3, 0.4) is 0 Å². The fourth-order valence-corrected chi connectivity index (χ4v) is 1.72. The number of nitrogens with zero attached hydrogens (tertiary/aromatic N) is 1. The Kier molecular flexibility index (Phi) is 9.79. The average Bonchev–Trinajstić information content (AvgIpc) is 2.24. The first kappa shape index (κ1) is 16.9. The second-order valence-corrected chi connectivity index (χ2v) is 5.67. The summed E-state index contributed by atoms with van der Waals surface area (Å²) in [6.07, 6.45) is 0. The molecule has 0 aromatic heterocycles. The predicted octanol–water partition coefficient (Wildman–Crippen LogP) is 2.22. The van der Waals surface area contributed by atoms with Gasteiger partial charge in [0.1, 0.15) is 0 Å².